The first-order valence-electron chi connectivity index (χ1n) is 8.98. The lowest BCUT2D eigenvalue weighted by atomic mass is 10.1. The van der Waals surface area contributed by atoms with E-state index in [9.17, 15) is 4.79 Å². The maximum Gasteiger partial charge on any atom is 0.262 e. The molecule has 1 aliphatic rings. The highest BCUT2D eigenvalue weighted by molar-refractivity contribution is 9.10. The van der Waals surface area contributed by atoms with E-state index in [1.165, 1.54) is 0 Å². The molecule has 3 heterocycles. The number of aromatic nitrogens is 3. The van der Waals surface area contributed by atoms with Crippen molar-refractivity contribution in [2.24, 2.45) is 13.0 Å². The highest BCUT2D eigenvalue weighted by Crippen LogP contribution is 2.26. The molecule has 2 atom stereocenters. The van der Waals surface area contributed by atoms with Gasteiger partial charge in [0.1, 0.15) is 5.82 Å². The Kier molecular flexibility index (Phi) is 5.86. The molecule has 6 nitrogen and oxygen atoms in total. The van der Waals surface area contributed by atoms with Gasteiger partial charge >= 0.3 is 0 Å². The van der Waals surface area contributed by atoms with Gasteiger partial charge in [0.15, 0.2) is 5.65 Å². The van der Waals surface area contributed by atoms with Gasteiger partial charge in [0.2, 0.25) is 0 Å². The third-order valence-corrected chi connectivity index (χ3v) is 5.28. The number of pyridine rings is 1. The number of halogens is 1. The summed E-state index contributed by atoms with van der Waals surface area (Å²) in [6.07, 6.45) is 3.73. The molecule has 1 N–H and O–H groups in total. The van der Waals surface area contributed by atoms with Gasteiger partial charge in [0.25, 0.3) is 5.56 Å². The van der Waals surface area contributed by atoms with Crippen molar-refractivity contribution >= 4 is 27.0 Å². The fourth-order valence-corrected chi connectivity index (χ4v) is 3.93. The molecule has 1 saturated heterocycles. The molecular formula is C18H26BrN5O. The maximum atomic E-state index is 12.9. The number of nitrogens with zero attached hydrogens (tertiary/aromatic N) is 4. The third-order valence-electron chi connectivity index (χ3n) is 4.85. The van der Waals surface area contributed by atoms with Gasteiger partial charge in [-0.3, -0.25) is 14.3 Å². The average Bonchev–Trinajstić information content (AvgIpc) is 2.81. The molecule has 2 aromatic heterocycles. The van der Waals surface area contributed by atoms with E-state index < -0.39 is 0 Å². The number of hydrogen-bond donors (Lipinski definition) is 1. The van der Waals surface area contributed by atoms with Crippen LogP contribution in [0.15, 0.2) is 21.5 Å². The van der Waals surface area contributed by atoms with Crippen molar-refractivity contribution in [3.63, 3.8) is 0 Å². The van der Waals surface area contributed by atoms with Crippen molar-refractivity contribution in [2.75, 3.05) is 26.2 Å². The van der Waals surface area contributed by atoms with Crippen LogP contribution in [0.3, 0.4) is 0 Å². The summed E-state index contributed by atoms with van der Waals surface area (Å²) >= 11 is 3.39. The molecule has 0 aliphatic carbocycles. The molecule has 0 unspecified atom stereocenters. The molecule has 0 saturated carbocycles. The fourth-order valence-electron chi connectivity index (χ4n) is 3.60. The van der Waals surface area contributed by atoms with Crippen LogP contribution in [0.2, 0.25) is 0 Å². The Hall–Kier alpha value is -1.31. The largest absolute Gasteiger partial charge is 0.315 e. The van der Waals surface area contributed by atoms with Crippen molar-refractivity contribution in [1.82, 2.24) is 24.8 Å². The number of nitrogens with one attached hydrogen (secondary N) is 1. The topological polar surface area (TPSA) is 63.1 Å². The molecule has 1 fully saturated rings. The van der Waals surface area contributed by atoms with Gasteiger partial charge in [0.05, 0.1) is 11.4 Å². The second kappa shape index (κ2) is 7.93. The molecule has 0 amide bonds. The van der Waals surface area contributed by atoms with Gasteiger partial charge in [-0.15, -0.1) is 0 Å². The summed E-state index contributed by atoms with van der Waals surface area (Å²) in [4.78, 5) is 24.5. The molecule has 7 heteroatoms. The van der Waals surface area contributed by atoms with Crippen LogP contribution in [0.25, 0.3) is 11.0 Å². The van der Waals surface area contributed by atoms with Crippen LogP contribution in [0.5, 0.6) is 0 Å². The SMILES string of the molecule is CCC[C@@H](c1nc2ncc(Br)cc2c(=O)n1C)N1CCNC[C@H](C)C1. The number of hydrogen-bond acceptors (Lipinski definition) is 5. The van der Waals surface area contributed by atoms with Gasteiger partial charge < -0.3 is 5.32 Å². The first kappa shape index (κ1) is 18.5. The molecule has 136 valence electrons. The Morgan fingerprint density at radius 2 is 2.28 bits per heavy atom. The maximum absolute atomic E-state index is 12.9. The van der Waals surface area contributed by atoms with Crippen LogP contribution in [0.1, 0.15) is 38.6 Å². The minimum atomic E-state index is -0.0316. The van der Waals surface area contributed by atoms with Gasteiger partial charge in [-0.2, -0.15) is 0 Å². The van der Waals surface area contributed by atoms with Crippen molar-refractivity contribution in [2.45, 2.75) is 32.7 Å². The number of fused-ring (bicyclic) bond motifs is 1. The van der Waals surface area contributed by atoms with Gasteiger partial charge in [-0.25, -0.2) is 9.97 Å². The minimum absolute atomic E-state index is 0.0316. The molecule has 1 aliphatic heterocycles. The van der Waals surface area contributed by atoms with Gasteiger partial charge in [0, 0.05) is 37.4 Å². The normalized spacial score (nSPS) is 20.6. The zero-order chi connectivity index (χ0) is 18.0. The zero-order valence-electron chi connectivity index (χ0n) is 15.1. The van der Waals surface area contributed by atoms with Crippen molar-refractivity contribution in [1.29, 1.82) is 0 Å². The summed E-state index contributed by atoms with van der Waals surface area (Å²) in [7, 11) is 1.83. The first-order chi connectivity index (χ1) is 12.0. The lowest BCUT2D eigenvalue weighted by Crippen LogP contribution is -2.37. The van der Waals surface area contributed by atoms with Crippen molar-refractivity contribution in [3.8, 4) is 0 Å². The Morgan fingerprint density at radius 3 is 3.04 bits per heavy atom. The Labute approximate surface area is 156 Å². The minimum Gasteiger partial charge on any atom is -0.315 e. The molecular weight excluding hydrogens is 382 g/mol. The Morgan fingerprint density at radius 1 is 1.48 bits per heavy atom. The van der Waals surface area contributed by atoms with Crippen LogP contribution >= 0.6 is 15.9 Å². The Balaban J connectivity index is 2.08. The van der Waals surface area contributed by atoms with E-state index in [-0.39, 0.29) is 11.6 Å². The molecule has 0 aromatic carbocycles. The summed E-state index contributed by atoms with van der Waals surface area (Å²) in [5.41, 5.74) is 0.499. The summed E-state index contributed by atoms with van der Waals surface area (Å²) in [5, 5.41) is 4.05. The lowest BCUT2D eigenvalue weighted by molar-refractivity contribution is 0.170. The van der Waals surface area contributed by atoms with Crippen LogP contribution in [-0.2, 0) is 7.05 Å². The standard InChI is InChI=1S/C18H26BrN5O/c1-4-5-15(24-7-6-20-9-12(2)11-24)17-22-16-14(18(25)23(17)3)8-13(19)10-21-16/h8,10,12,15,20H,4-7,9,11H2,1-3H3/t12-,15-/m0/s1. The van der Waals surface area contributed by atoms with E-state index in [0.29, 0.717) is 17.0 Å². The van der Waals surface area contributed by atoms with E-state index in [1.54, 1.807) is 16.8 Å². The Bertz CT molecular complexity index is 806. The number of rotatable bonds is 4. The molecule has 0 radical (unpaired) electrons. The van der Waals surface area contributed by atoms with E-state index in [0.717, 1.165) is 49.3 Å². The van der Waals surface area contributed by atoms with E-state index in [2.05, 4.69) is 45.0 Å². The predicted molar refractivity (Wildman–Crippen MR) is 104 cm³/mol. The van der Waals surface area contributed by atoms with Crippen LogP contribution in [-0.4, -0.2) is 45.6 Å². The highest BCUT2D eigenvalue weighted by atomic mass is 79.9. The molecule has 0 spiro atoms. The van der Waals surface area contributed by atoms with Gasteiger partial charge in [-0.1, -0.05) is 20.3 Å². The first-order valence-corrected chi connectivity index (χ1v) is 9.77. The van der Waals surface area contributed by atoms with E-state index in [4.69, 9.17) is 4.98 Å². The summed E-state index contributed by atoms with van der Waals surface area (Å²) in [5.74, 6) is 1.40. The van der Waals surface area contributed by atoms with Crippen molar-refractivity contribution in [3.05, 3.63) is 32.9 Å². The second-order valence-corrected chi connectivity index (χ2v) is 7.88. The molecule has 0 bridgehead atoms. The summed E-state index contributed by atoms with van der Waals surface area (Å²) in [6.45, 7) is 8.43. The summed E-state index contributed by atoms with van der Waals surface area (Å²) < 4.78 is 2.50. The average molecular weight is 408 g/mol. The smallest absolute Gasteiger partial charge is 0.262 e. The lowest BCUT2D eigenvalue weighted by Gasteiger charge is -2.32. The van der Waals surface area contributed by atoms with Crippen LogP contribution in [0, 0.1) is 5.92 Å². The monoisotopic (exact) mass is 407 g/mol. The quantitative estimate of drug-likeness (QED) is 0.842. The highest BCUT2D eigenvalue weighted by Gasteiger charge is 2.27. The molecule has 25 heavy (non-hydrogen) atoms. The zero-order valence-corrected chi connectivity index (χ0v) is 16.7. The van der Waals surface area contributed by atoms with Crippen LogP contribution in [0.4, 0.5) is 0 Å². The van der Waals surface area contributed by atoms with Crippen molar-refractivity contribution < 1.29 is 0 Å². The molecule has 2 aromatic rings. The van der Waals surface area contributed by atoms with Crippen LogP contribution < -0.4 is 10.9 Å². The van der Waals surface area contributed by atoms with Gasteiger partial charge in [-0.05, 0) is 40.9 Å². The molecule has 3 rings (SSSR count). The van der Waals surface area contributed by atoms with E-state index >= 15 is 0 Å². The second-order valence-electron chi connectivity index (χ2n) is 6.97. The predicted octanol–water partition coefficient (Wildman–Crippen LogP) is 2.47. The summed E-state index contributed by atoms with van der Waals surface area (Å²) in [6, 6.07) is 1.94. The fraction of sp³-hybridized carbons (Fsp3) is 0.611. The third kappa shape index (κ3) is 3.93. The van der Waals surface area contributed by atoms with E-state index in [1.807, 2.05) is 7.05 Å².